The number of anilines is 1. The van der Waals surface area contributed by atoms with Gasteiger partial charge in [0.15, 0.2) is 11.5 Å². The first kappa shape index (κ1) is 19.9. The van der Waals surface area contributed by atoms with Crippen molar-refractivity contribution in [3.63, 3.8) is 0 Å². The Kier molecular flexibility index (Phi) is 5.01. The van der Waals surface area contributed by atoms with Crippen molar-refractivity contribution in [2.75, 3.05) is 18.4 Å². The number of amides is 2. The molecule has 3 aromatic heterocycles. The Bertz CT molecular complexity index is 1310. The second-order valence-corrected chi connectivity index (χ2v) is 8.91. The predicted octanol–water partition coefficient (Wildman–Crippen LogP) is 3.42. The number of urea groups is 1. The molecule has 0 saturated carbocycles. The first-order valence-corrected chi connectivity index (χ1v) is 11.6. The normalized spacial score (nSPS) is 17.9. The van der Waals surface area contributed by atoms with Crippen molar-refractivity contribution in [3.05, 3.63) is 60.3 Å². The van der Waals surface area contributed by atoms with Gasteiger partial charge in [-0.25, -0.2) is 4.79 Å². The molecule has 1 N–H and O–H groups in total. The molecule has 2 aliphatic rings. The molecule has 1 unspecified atom stereocenters. The fourth-order valence-corrected chi connectivity index (χ4v) is 5.01. The quantitative estimate of drug-likeness (QED) is 0.523. The fraction of sp³-hybridized carbons (Fsp3) is 0.375. The number of pyridine rings is 1. The molecule has 1 aromatic carbocycles. The van der Waals surface area contributed by atoms with Gasteiger partial charge in [0.25, 0.3) is 0 Å². The highest BCUT2D eigenvalue weighted by Gasteiger charge is 2.25. The van der Waals surface area contributed by atoms with Crippen molar-refractivity contribution in [3.8, 4) is 11.4 Å². The highest BCUT2D eigenvalue weighted by Crippen LogP contribution is 2.26. The molecule has 0 bridgehead atoms. The van der Waals surface area contributed by atoms with Crippen LogP contribution in [0.2, 0.25) is 0 Å². The van der Waals surface area contributed by atoms with E-state index in [2.05, 4.69) is 30.3 Å². The highest BCUT2D eigenvalue weighted by atomic mass is 16.2. The summed E-state index contributed by atoms with van der Waals surface area (Å²) in [5.41, 5.74) is 2.61. The van der Waals surface area contributed by atoms with E-state index >= 15 is 0 Å². The van der Waals surface area contributed by atoms with Crippen LogP contribution in [0.5, 0.6) is 0 Å². The largest absolute Gasteiger partial charge is 0.324 e. The van der Waals surface area contributed by atoms with E-state index in [1.807, 2.05) is 58.0 Å². The monoisotopic (exact) mass is 442 g/mol. The molecule has 0 spiro atoms. The van der Waals surface area contributed by atoms with Crippen molar-refractivity contribution >= 4 is 17.4 Å². The van der Waals surface area contributed by atoms with E-state index in [-0.39, 0.29) is 6.03 Å². The summed E-state index contributed by atoms with van der Waals surface area (Å²) in [6.45, 7) is 2.43. The number of carbonyl (C=O) groups excluding carboxylic acids is 1. The summed E-state index contributed by atoms with van der Waals surface area (Å²) in [5, 5.41) is 20.4. The number of rotatable bonds is 4. The van der Waals surface area contributed by atoms with Crippen LogP contribution in [-0.2, 0) is 19.4 Å². The van der Waals surface area contributed by atoms with E-state index in [1.54, 1.807) is 0 Å². The second-order valence-electron chi connectivity index (χ2n) is 8.91. The number of carbonyl (C=O) groups is 1. The summed E-state index contributed by atoms with van der Waals surface area (Å²) in [6.07, 6.45) is 6.96. The smallest absolute Gasteiger partial charge is 0.321 e. The van der Waals surface area contributed by atoms with Crippen LogP contribution >= 0.6 is 0 Å². The molecule has 168 valence electrons. The topological polar surface area (TPSA) is 93.2 Å². The average Bonchev–Trinajstić information content (AvgIpc) is 3.56. The molecule has 1 saturated heterocycles. The first-order chi connectivity index (χ1) is 16.2. The Balaban J connectivity index is 1.13. The summed E-state index contributed by atoms with van der Waals surface area (Å²) in [6, 6.07) is 13.7. The van der Waals surface area contributed by atoms with Crippen LogP contribution < -0.4 is 5.32 Å². The van der Waals surface area contributed by atoms with E-state index in [4.69, 9.17) is 0 Å². The van der Waals surface area contributed by atoms with Gasteiger partial charge in [-0.2, -0.15) is 0 Å². The van der Waals surface area contributed by atoms with Gasteiger partial charge >= 0.3 is 6.03 Å². The van der Waals surface area contributed by atoms with Crippen LogP contribution in [0.25, 0.3) is 17.0 Å². The molecular weight excluding hydrogens is 416 g/mol. The van der Waals surface area contributed by atoms with Crippen molar-refractivity contribution < 1.29 is 4.79 Å². The molecule has 5 heterocycles. The third-order valence-electron chi connectivity index (χ3n) is 6.64. The van der Waals surface area contributed by atoms with Crippen LogP contribution in [0.1, 0.15) is 30.9 Å². The number of nitrogens with zero attached hydrogens (tertiary/aromatic N) is 7. The van der Waals surface area contributed by atoms with Crippen LogP contribution in [0.4, 0.5) is 10.5 Å². The minimum atomic E-state index is -0.0607. The third kappa shape index (κ3) is 3.83. The number of fused-ring (bicyclic) bond motifs is 2. The van der Waals surface area contributed by atoms with Gasteiger partial charge in [0.2, 0.25) is 0 Å². The van der Waals surface area contributed by atoms with Gasteiger partial charge in [-0.3, -0.25) is 4.40 Å². The molecule has 9 nitrogen and oxygen atoms in total. The first-order valence-electron chi connectivity index (χ1n) is 11.6. The number of likely N-dealkylation sites (tertiary alicyclic amines) is 1. The second kappa shape index (κ2) is 8.31. The number of aryl methyl sites for hydroxylation is 1. The lowest BCUT2D eigenvalue weighted by Gasteiger charge is -2.32. The Morgan fingerprint density at radius 2 is 2.00 bits per heavy atom. The van der Waals surface area contributed by atoms with E-state index in [0.717, 1.165) is 79.6 Å². The predicted molar refractivity (Wildman–Crippen MR) is 124 cm³/mol. The minimum absolute atomic E-state index is 0.0607. The zero-order valence-corrected chi connectivity index (χ0v) is 18.4. The van der Waals surface area contributed by atoms with E-state index < -0.39 is 0 Å². The standard InChI is InChI=1S/C24H26N8O/c33-24(25-19-8-3-7-18(15-19)23-29-27-21-10-5-13-32(21)23)30-11-4-6-17(16-30)14-22-28-26-20-9-1-2-12-31(20)22/h1-3,7-9,12,15,17H,4-6,10-11,13-14,16H2,(H,25,33). The summed E-state index contributed by atoms with van der Waals surface area (Å²) in [7, 11) is 0. The maximum absolute atomic E-state index is 13.1. The van der Waals surface area contributed by atoms with Gasteiger partial charge in [0.05, 0.1) is 0 Å². The summed E-state index contributed by atoms with van der Waals surface area (Å²) < 4.78 is 4.20. The van der Waals surface area contributed by atoms with Gasteiger partial charge in [-0.05, 0) is 49.4 Å². The van der Waals surface area contributed by atoms with Crippen LogP contribution in [-0.4, -0.2) is 53.4 Å². The number of piperidine rings is 1. The molecule has 2 aliphatic heterocycles. The Labute approximate surface area is 191 Å². The number of aromatic nitrogens is 6. The average molecular weight is 443 g/mol. The van der Waals surface area contributed by atoms with Gasteiger partial charge in [0, 0.05) is 49.9 Å². The van der Waals surface area contributed by atoms with E-state index in [0.29, 0.717) is 12.5 Å². The number of hydrogen-bond donors (Lipinski definition) is 1. The molecule has 33 heavy (non-hydrogen) atoms. The molecule has 0 aliphatic carbocycles. The lowest BCUT2D eigenvalue weighted by molar-refractivity contribution is 0.176. The zero-order chi connectivity index (χ0) is 22.2. The number of nitrogens with one attached hydrogen (secondary N) is 1. The molecule has 6 rings (SSSR count). The van der Waals surface area contributed by atoms with Gasteiger partial charge in [0.1, 0.15) is 11.6 Å². The Morgan fingerprint density at radius 3 is 2.97 bits per heavy atom. The SMILES string of the molecule is O=C(Nc1cccc(-c2nnc3n2CCC3)c1)N1CCCC(Cc2nnc3ccccn23)C1. The third-order valence-corrected chi connectivity index (χ3v) is 6.64. The molecule has 9 heteroatoms. The van der Waals surface area contributed by atoms with Gasteiger partial charge in [-0.15, -0.1) is 20.4 Å². The van der Waals surface area contributed by atoms with E-state index in [9.17, 15) is 4.79 Å². The highest BCUT2D eigenvalue weighted by molar-refractivity contribution is 5.90. The Morgan fingerprint density at radius 1 is 1.03 bits per heavy atom. The molecule has 1 fully saturated rings. The van der Waals surface area contributed by atoms with Crippen LogP contribution in [0, 0.1) is 5.92 Å². The maximum atomic E-state index is 13.1. The minimum Gasteiger partial charge on any atom is -0.324 e. The zero-order valence-electron chi connectivity index (χ0n) is 18.4. The molecular formula is C24H26N8O. The fourth-order valence-electron chi connectivity index (χ4n) is 5.01. The molecule has 4 aromatic rings. The van der Waals surface area contributed by atoms with Crippen molar-refractivity contribution in [1.29, 1.82) is 0 Å². The lowest BCUT2D eigenvalue weighted by atomic mass is 9.94. The van der Waals surface area contributed by atoms with Crippen LogP contribution in [0.15, 0.2) is 48.7 Å². The summed E-state index contributed by atoms with van der Waals surface area (Å²) >= 11 is 0. The maximum Gasteiger partial charge on any atom is 0.321 e. The van der Waals surface area contributed by atoms with Gasteiger partial charge < -0.3 is 14.8 Å². The van der Waals surface area contributed by atoms with Crippen LogP contribution in [0.3, 0.4) is 0 Å². The number of hydrogen-bond acceptors (Lipinski definition) is 5. The summed E-state index contributed by atoms with van der Waals surface area (Å²) in [5.74, 6) is 3.23. The van der Waals surface area contributed by atoms with Gasteiger partial charge in [-0.1, -0.05) is 18.2 Å². The molecule has 2 amide bonds. The van der Waals surface area contributed by atoms with Crippen molar-refractivity contribution in [1.82, 2.24) is 34.3 Å². The van der Waals surface area contributed by atoms with Crippen molar-refractivity contribution in [2.45, 2.75) is 38.6 Å². The number of benzene rings is 1. The summed E-state index contributed by atoms with van der Waals surface area (Å²) in [4.78, 5) is 15.0. The lowest BCUT2D eigenvalue weighted by Crippen LogP contribution is -2.43. The Hall–Kier alpha value is -3.75. The van der Waals surface area contributed by atoms with Crippen molar-refractivity contribution in [2.24, 2.45) is 5.92 Å². The van der Waals surface area contributed by atoms with E-state index in [1.165, 1.54) is 0 Å². The molecule has 0 radical (unpaired) electrons. The molecule has 1 atom stereocenters.